The van der Waals surface area contributed by atoms with Crippen LogP contribution >= 0.6 is 0 Å². The van der Waals surface area contributed by atoms with E-state index in [9.17, 15) is 9.18 Å². The van der Waals surface area contributed by atoms with Crippen molar-refractivity contribution in [1.82, 2.24) is 14.7 Å². The first-order chi connectivity index (χ1) is 14.9. The second kappa shape index (κ2) is 7.42. The van der Waals surface area contributed by atoms with Crippen molar-refractivity contribution in [2.75, 3.05) is 30.1 Å². The largest absolute Gasteiger partial charge is 0.453 e. The van der Waals surface area contributed by atoms with E-state index in [1.807, 2.05) is 6.07 Å². The van der Waals surface area contributed by atoms with Gasteiger partial charge in [-0.25, -0.2) is 9.37 Å². The molecule has 0 spiro atoms. The Labute approximate surface area is 179 Å². The number of pyridine rings is 1. The number of benzene rings is 1. The molecule has 1 aromatic carbocycles. The molecule has 0 radical (unpaired) electrons. The van der Waals surface area contributed by atoms with Crippen molar-refractivity contribution < 1.29 is 18.7 Å². The van der Waals surface area contributed by atoms with Gasteiger partial charge in [-0.1, -0.05) is 0 Å². The lowest BCUT2D eigenvalue weighted by molar-refractivity contribution is 0.102. The Morgan fingerprint density at radius 1 is 1.19 bits per heavy atom. The van der Waals surface area contributed by atoms with E-state index in [0.29, 0.717) is 40.5 Å². The third kappa shape index (κ3) is 3.54. The molecule has 0 unspecified atom stereocenters. The molecular formula is C22H24FN5O3. The van der Waals surface area contributed by atoms with Gasteiger partial charge in [0, 0.05) is 43.6 Å². The molecule has 2 N–H and O–H groups in total. The Balaban J connectivity index is 1.44. The molecule has 4 heterocycles. The number of imidazole rings is 1. The van der Waals surface area contributed by atoms with Gasteiger partial charge in [-0.3, -0.25) is 4.79 Å². The van der Waals surface area contributed by atoms with Crippen LogP contribution in [-0.2, 0) is 0 Å². The van der Waals surface area contributed by atoms with Crippen LogP contribution in [0.3, 0.4) is 0 Å². The molecule has 0 aliphatic carbocycles. The third-order valence-electron chi connectivity index (χ3n) is 5.53. The van der Waals surface area contributed by atoms with Gasteiger partial charge in [0.2, 0.25) is 6.79 Å². The number of ether oxygens (including phenoxy) is 2. The number of nitrogens with one attached hydrogen (secondary N) is 2. The van der Waals surface area contributed by atoms with E-state index in [2.05, 4.69) is 34.4 Å². The normalized spacial score (nSPS) is 20.3. The third-order valence-corrected chi connectivity index (χ3v) is 5.53. The summed E-state index contributed by atoms with van der Waals surface area (Å²) in [4.78, 5) is 19.4. The Kier molecular flexibility index (Phi) is 4.70. The van der Waals surface area contributed by atoms with Gasteiger partial charge >= 0.3 is 0 Å². The van der Waals surface area contributed by atoms with E-state index in [1.54, 1.807) is 29.8 Å². The van der Waals surface area contributed by atoms with E-state index in [-0.39, 0.29) is 12.4 Å². The fourth-order valence-corrected chi connectivity index (χ4v) is 4.38. The van der Waals surface area contributed by atoms with E-state index < -0.39 is 11.7 Å². The summed E-state index contributed by atoms with van der Waals surface area (Å²) in [5, 5.41) is 6.26. The number of amides is 1. The maximum atomic E-state index is 14.4. The summed E-state index contributed by atoms with van der Waals surface area (Å²) in [5.41, 5.74) is 2.49. The quantitative estimate of drug-likeness (QED) is 0.672. The van der Waals surface area contributed by atoms with Crippen LogP contribution in [0, 0.1) is 12.7 Å². The number of rotatable bonds is 3. The van der Waals surface area contributed by atoms with Crippen molar-refractivity contribution in [3.63, 3.8) is 0 Å². The lowest BCUT2D eigenvalue weighted by Crippen LogP contribution is -2.54. The van der Waals surface area contributed by atoms with Crippen LogP contribution in [0.4, 0.5) is 15.8 Å². The van der Waals surface area contributed by atoms with Gasteiger partial charge in [0.25, 0.3) is 5.91 Å². The standard InChI is InChI=1S/C22H24FN5O3/c1-12-7-27(8-13(2)24-12)18-5-4-16(19-20(18)31-11-30-19)22(29)26-15-6-17(23)21-25-14(3)9-28(21)10-15/h4-6,9-10,12-13,24H,7-8,11H2,1-3H3,(H,26,29)/t12-,13-/m0/s1. The average Bonchev–Trinajstić information content (AvgIpc) is 3.33. The number of anilines is 2. The number of hydrogen-bond acceptors (Lipinski definition) is 6. The summed E-state index contributed by atoms with van der Waals surface area (Å²) in [7, 11) is 0. The summed E-state index contributed by atoms with van der Waals surface area (Å²) in [5.74, 6) is 0.0774. The number of carbonyl (C=O) groups excluding carboxylic acids is 1. The fraction of sp³-hybridized carbons (Fsp3) is 0.364. The van der Waals surface area contributed by atoms with Crippen LogP contribution in [0.2, 0.25) is 0 Å². The molecule has 0 saturated carbocycles. The molecule has 2 aliphatic rings. The van der Waals surface area contributed by atoms with Crippen LogP contribution in [0.15, 0.2) is 30.6 Å². The molecule has 1 amide bonds. The SMILES string of the molecule is Cc1cn2cc(NC(=O)c3ccc(N4C[C@H](C)N[C@@H](C)C4)c4c3OCO4)cc(F)c2n1. The van der Waals surface area contributed by atoms with E-state index in [1.165, 1.54) is 6.07 Å². The van der Waals surface area contributed by atoms with E-state index in [4.69, 9.17) is 9.47 Å². The molecule has 1 saturated heterocycles. The summed E-state index contributed by atoms with van der Waals surface area (Å²) >= 11 is 0. The molecule has 1 fully saturated rings. The van der Waals surface area contributed by atoms with Gasteiger partial charge < -0.3 is 29.4 Å². The van der Waals surface area contributed by atoms with Crippen molar-refractivity contribution in [2.24, 2.45) is 0 Å². The summed E-state index contributed by atoms with van der Waals surface area (Å²) in [6.45, 7) is 7.77. The van der Waals surface area contributed by atoms with E-state index >= 15 is 0 Å². The second-order valence-corrected chi connectivity index (χ2v) is 8.21. The van der Waals surface area contributed by atoms with Crippen molar-refractivity contribution in [1.29, 1.82) is 0 Å². The van der Waals surface area contributed by atoms with Crippen LogP contribution in [0.25, 0.3) is 5.65 Å². The molecule has 8 nitrogen and oxygen atoms in total. The highest BCUT2D eigenvalue weighted by molar-refractivity contribution is 6.07. The first kappa shape index (κ1) is 19.6. The molecule has 5 rings (SSSR count). The predicted octanol–water partition coefficient (Wildman–Crippen LogP) is 2.95. The highest BCUT2D eigenvalue weighted by atomic mass is 19.1. The van der Waals surface area contributed by atoms with Crippen LogP contribution in [0.1, 0.15) is 29.9 Å². The lowest BCUT2D eigenvalue weighted by atomic mass is 10.1. The fourth-order valence-electron chi connectivity index (χ4n) is 4.38. The van der Waals surface area contributed by atoms with E-state index in [0.717, 1.165) is 18.8 Å². The molecule has 2 aromatic heterocycles. The molecule has 2 atom stereocenters. The zero-order chi connectivity index (χ0) is 21.7. The molecular weight excluding hydrogens is 401 g/mol. The highest BCUT2D eigenvalue weighted by Gasteiger charge is 2.30. The zero-order valence-corrected chi connectivity index (χ0v) is 17.6. The Morgan fingerprint density at radius 3 is 2.71 bits per heavy atom. The number of piperazine rings is 1. The van der Waals surface area contributed by atoms with Gasteiger partial charge in [-0.05, 0) is 32.9 Å². The molecule has 31 heavy (non-hydrogen) atoms. The number of halogens is 1. The monoisotopic (exact) mass is 425 g/mol. The molecule has 2 aliphatic heterocycles. The highest BCUT2D eigenvalue weighted by Crippen LogP contribution is 2.44. The summed E-state index contributed by atoms with van der Waals surface area (Å²) in [6, 6.07) is 5.54. The van der Waals surface area contributed by atoms with Crippen LogP contribution < -0.4 is 25.0 Å². The van der Waals surface area contributed by atoms with Crippen molar-refractivity contribution in [3.8, 4) is 11.5 Å². The number of carbonyl (C=O) groups is 1. The van der Waals surface area contributed by atoms with Gasteiger partial charge in [-0.2, -0.15) is 0 Å². The Hall–Kier alpha value is -3.33. The van der Waals surface area contributed by atoms with Gasteiger partial charge in [0.15, 0.2) is 23.0 Å². The minimum atomic E-state index is -0.506. The number of nitrogens with zero attached hydrogens (tertiary/aromatic N) is 3. The number of aromatic nitrogens is 2. The van der Waals surface area contributed by atoms with Gasteiger partial charge in [-0.15, -0.1) is 0 Å². The second-order valence-electron chi connectivity index (χ2n) is 8.21. The van der Waals surface area contributed by atoms with Crippen LogP contribution in [0.5, 0.6) is 11.5 Å². The topological polar surface area (TPSA) is 80.1 Å². The molecule has 0 bridgehead atoms. The first-order valence-electron chi connectivity index (χ1n) is 10.3. The first-order valence-corrected chi connectivity index (χ1v) is 10.3. The minimum absolute atomic E-state index is 0.0543. The molecule has 3 aromatic rings. The predicted molar refractivity (Wildman–Crippen MR) is 115 cm³/mol. The molecule has 9 heteroatoms. The smallest absolute Gasteiger partial charge is 0.259 e. The lowest BCUT2D eigenvalue weighted by Gasteiger charge is -2.38. The maximum absolute atomic E-state index is 14.4. The minimum Gasteiger partial charge on any atom is -0.453 e. The van der Waals surface area contributed by atoms with Crippen molar-refractivity contribution >= 4 is 22.9 Å². The van der Waals surface area contributed by atoms with Gasteiger partial charge in [0.05, 0.1) is 22.6 Å². The van der Waals surface area contributed by atoms with Crippen LogP contribution in [-0.4, -0.2) is 47.3 Å². The van der Waals surface area contributed by atoms with Crippen molar-refractivity contribution in [2.45, 2.75) is 32.9 Å². The maximum Gasteiger partial charge on any atom is 0.259 e. The molecule has 162 valence electrons. The number of fused-ring (bicyclic) bond motifs is 2. The Bertz CT molecular complexity index is 1170. The number of aryl methyl sites for hydroxylation is 1. The van der Waals surface area contributed by atoms with Gasteiger partial charge in [0.1, 0.15) is 0 Å². The summed E-state index contributed by atoms with van der Waals surface area (Å²) in [6.07, 6.45) is 3.33. The summed E-state index contributed by atoms with van der Waals surface area (Å²) < 4.78 is 27.3. The average molecular weight is 425 g/mol. The zero-order valence-electron chi connectivity index (χ0n) is 17.6. The Morgan fingerprint density at radius 2 is 1.94 bits per heavy atom. The van der Waals surface area contributed by atoms with Crippen molar-refractivity contribution in [3.05, 3.63) is 47.7 Å². The number of hydrogen-bond donors (Lipinski definition) is 2.